The summed E-state index contributed by atoms with van der Waals surface area (Å²) in [5, 5.41) is 12.7. The van der Waals surface area contributed by atoms with Gasteiger partial charge in [0.25, 0.3) is 0 Å². The third kappa shape index (κ3) is 4.91. The minimum atomic E-state index is -5.08. The number of ether oxygens (including phenoxy) is 3. The Kier molecular flexibility index (Phi) is 6.63. The number of carbonyl (C=O) groups is 1. The van der Waals surface area contributed by atoms with Gasteiger partial charge in [0.05, 0.1) is 31.0 Å². The number of halogens is 3. The zero-order valence-electron chi connectivity index (χ0n) is 20.2. The molecule has 194 valence electrons. The van der Waals surface area contributed by atoms with Crippen molar-refractivity contribution in [3.8, 4) is 28.5 Å². The summed E-state index contributed by atoms with van der Waals surface area (Å²) in [5.74, 6) is -0.866. The maximum absolute atomic E-state index is 12.6. The van der Waals surface area contributed by atoms with Crippen molar-refractivity contribution in [2.24, 2.45) is 5.92 Å². The van der Waals surface area contributed by atoms with Gasteiger partial charge in [-0.25, -0.2) is 9.78 Å². The van der Waals surface area contributed by atoms with Crippen LogP contribution in [0, 0.1) is 12.8 Å². The number of benzene rings is 2. The first-order valence-electron chi connectivity index (χ1n) is 11.8. The molecule has 0 radical (unpaired) electrons. The maximum atomic E-state index is 12.6. The Morgan fingerprint density at radius 2 is 1.84 bits per heavy atom. The standard InChI is InChI=1S/C26H25F3N4O4/c1-14-11-18-20(23(22(14)35-2)36-13-15-7-9-30-10-8-15)19-12-31-33-24(19)32-21(18)16-3-5-17(6-4-16)37-25(34)26(27,28)29/h3-6,11-12,15,30H,7-10,13H2,1-2H3,(H,31,32,33). The van der Waals surface area contributed by atoms with Crippen LogP contribution in [0.3, 0.4) is 0 Å². The number of nitrogens with zero attached hydrogens (tertiary/aromatic N) is 2. The van der Waals surface area contributed by atoms with Crippen LogP contribution in [-0.4, -0.2) is 54.1 Å². The highest BCUT2D eigenvalue weighted by Crippen LogP contribution is 2.45. The van der Waals surface area contributed by atoms with Crippen molar-refractivity contribution >= 4 is 27.8 Å². The first-order valence-corrected chi connectivity index (χ1v) is 11.8. The summed E-state index contributed by atoms with van der Waals surface area (Å²) in [5.41, 5.74) is 2.55. The average Bonchev–Trinajstić information content (AvgIpc) is 3.35. The molecule has 0 amide bonds. The largest absolute Gasteiger partial charge is 0.493 e. The molecule has 0 saturated carbocycles. The molecule has 2 aromatic heterocycles. The molecular formula is C26H25F3N4O4. The van der Waals surface area contributed by atoms with E-state index in [2.05, 4.69) is 20.3 Å². The molecule has 37 heavy (non-hydrogen) atoms. The van der Waals surface area contributed by atoms with Crippen molar-refractivity contribution in [2.75, 3.05) is 26.8 Å². The maximum Gasteiger partial charge on any atom is 0.491 e. The summed E-state index contributed by atoms with van der Waals surface area (Å²) in [6, 6.07) is 7.65. The first-order chi connectivity index (χ1) is 17.8. The minimum Gasteiger partial charge on any atom is -0.493 e. The molecule has 0 bridgehead atoms. The molecule has 0 aliphatic carbocycles. The van der Waals surface area contributed by atoms with Gasteiger partial charge in [-0.15, -0.1) is 0 Å². The van der Waals surface area contributed by atoms with E-state index >= 15 is 0 Å². The minimum absolute atomic E-state index is 0.221. The number of pyridine rings is 1. The molecule has 0 atom stereocenters. The van der Waals surface area contributed by atoms with Gasteiger partial charge >= 0.3 is 12.1 Å². The van der Waals surface area contributed by atoms with Crippen molar-refractivity contribution in [3.63, 3.8) is 0 Å². The van der Waals surface area contributed by atoms with Crippen molar-refractivity contribution < 1.29 is 32.2 Å². The second-order valence-electron chi connectivity index (χ2n) is 8.99. The molecule has 0 unspecified atom stereocenters. The van der Waals surface area contributed by atoms with E-state index in [4.69, 9.17) is 14.5 Å². The van der Waals surface area contributed by atoms with Crippen molar-refractivity contribution in [2.45, 2.75) is 25.9 Å². The molecule has 11 heteroatoms. The number of hydrogen-bond acceptors (Lipinski definition) is 7. The van der Waals surface area contributed by atoms with E-state index in [0.717, 1.165) is 47.7 Å². The van der Waals surface area contributed by atoms with Gasteiger partial charge in [-0.3, -0.25) is 5.10 Å². The molecule has 2 aromatic carbocycles. The highest BCUT2D eigenvalue weighted by atomic mass is 19.4. The summed E-state index contributed by atoms with van der Waals surface area (Å²) >= 11 is 0. The van der Waals surface area contributed by atoms with Gasteiger partial charge in [0, 0.05) is 16.3 Å². The third-order valence-electron chi connectivity index (χ3n) is 6.48. The summed E-state index contributed by atoms with van der Waals surface area (Å²) in [4.78, 5) is 15.9. The molecule has 3 heterocycles. The highest BCUT2D eigenvalue weighted by Gasteiger charge is 2.41. The number of carbonyl (C=O) groups excluding carboxylic acids is 1. The number of H-pyrrole nitrogens is 1. The number of esters is 1. The molecule has 0 spiro atoms. The number of rotatable bonds is 6. The summed E-state index contributed by atoms with van der Waals surface area (Å²) < 4.78 is 54.3. The van der Waals surface area contributed by atoms with Crippen LogP contribution in [0.2, 0.25) is 0 Å². The van der Waals surface area contributed by atoms with Crippen LogP contribution >= 0.6 is 0 Å². The molecular weight excluding hydrogens is 489 g/mol. The smallest absolute Gasteiger partial charge is 0.491 e. The number of aromatic nitrogens is 3. The first kappa shape index (κ1) is 24.8. The molecule has 1 saturated heterocycles. The molecule has 2 N–H and O–H groups in total. The molecule has 5 rings (SSSR count). The van der Waals surface area contributed by atoms with Gasteiger partial charge < -0.3 is 19.5 Å². The topological polar surface area (TPSA) is 98.4 Å². The predicted octanol–water partition coefficient (Wildman–Crippen LogP) is 4.94. The fraction of sp³-hybridized carbons (Fsp3) is 0.346. The molecule has 8 nitrogen and oxygen atoms in total. The van der Waals surface area contributed by atoms with Crippen molar-refractivity contribution in [3.05, 3.63) is 42.1 Å². The van der Waals surface area contributed by atoms with Crippen LogP contribution in [0.1, 0.15) is 18.4 Å². The lowest BCUT2D eigenvalue weighted by atomic mass is 9.97. The van der Waals surface area contributed by atoms with Crippen LogP contribution in [0.4, 0.5) is 13.2 Å². The number of hydrogen-bond donors (Lipinski definition) is 2. The predicted molar refractivity (Wildman–Crippen MR) is 131 cm³/mol. The summed E-state index contributed by atoms with van der Waals surface area (Å²) in [6.45, 7) is 4.35. The molecule has 1 aliphatic rings. The van der Waals surface area contributed by atoms with Crippen molar-refractivity contribution in [1.29, 1.82) is 0 Å². The van der Waals surface area contributed by atoms with Gasteiger partial charge in [-0.2, -0.15) is 18.3 Å². The summed E-state index contributed by atoms with van der Waals surface area (Å²) in [7, 11) is 1.60. The zero-order chi connectivity index (χ0) is 26.2. The fourth-order valence-corrected chi connectivity index (χ4v) is 4.65. The number of fused-ring (bicyclic) bond motifs is 3. The normalized spacial score (nSPS) is 14.7. The molecule has 1 aliphatic heterocycles. The van der Waals surface area contributed by atoms with Gasteiger partial charge in [-0.05, 0) is 74.7 Å². The fourth-order valence-electron chi connectivity index (χ4n) is 4.65. The molecule has 1 fully saturated rings. The quantitative estimate of drug-likeness (QED) is 0.278. The van der Waals surface area contributed by atoms with E-state index in [1.807, 2.05) is 13.0 Å². The summed E-state index contributed by atoms with van der Waals surface area (Å²) in [6.07, 6.45) is -1.36. The number of methoxy groups -OCH3 is 1. The lowest BCUT2D eigenvalue weighted by Gasteiger charge is -2.24. The zero-order valence-corrected chi connectivity index (χ0v) is 20.2. The van der Waals surface area contributed by atoms with Crippen LogP contribution in [0.25, 0.3) is 33.1 Å². The SMILES string of the molecule is COc1c(C)cc2c(-c3ccc(OC(=O)C(F)(F)F)cc3)nc3[nH]ncc3c2c1OCC1CCNCC1. The van der Waals surface area contributed by atoms with Crippen LogP contribution in [0.15, 0.2) is 36.5 Å². The Balaban J connectivity index is 1.60. The Bertz CT molecular complexity index is 1440. The Morgan fingerprint density at radius 3 is 2.51 bits per heavy atom. The van der Waals surface area contributed by atoms with E-state index in [1.54, 1.807) is 25.4 Å². The molecule has 4 aromatic rings. The van der Waals surface area contributed by atoms with E-state index in [1.165, 1.54) is 12.1 Å². The Morgan fingerprint density at radius 1 is 1.11 bits per heavy atom. The van der Waals surface area contributed by atoms with Gasteiger partial charge in [-0.1, -0.05) is 0 Å². The monoisotopic (exact) mass is 514 g/mol. The van der Waals surface area contributed by atoms with Crippen LogP contribution in [0.5, 0.6) is 17.2 Å². The average molecular weight is 515 g/mol. The number of piperidine rings is 1. The number of aromatic amines is 1. The lowest BCUT2D eigenvalue weighted by Crippen LogP contribution is -2.30. The van der Waals surface area contributed by atoms with Gasteiger partial charge in [0.2, 0.25) is 0 Å². The second-order valence-corrected chi connectivity index (χ2v) is 8.99. The number of nitrogens with one attached hydrogen (secondary N) is 2. The Labute approximate surface area is 210 Å². The number of aryl methyl sites for hydroxylation is 1. The van der Waals surface area contributed by atoms with Crippen molar-refractivity contribution in [1.82, 2.24) is 20.5 Å². The van der Waals surface area contributed by atoms with E-state index in [9.17, 15) is 18.0 Å². The number of alkyl halides is 3. The van der Waals surface area contributed by atoms with Crippen LogP contribution < -0.4 is 19.5 Å². The van der Waals surface area contributed by atoms with E-state index in [-0.39, 0.29) is 5.75 Å². The lowest BCUT2D eigenvalue weighted by molar-refractivity contribution is -0.189. The van der Waals surface area contributed by atoms with E-state index in [0.29, 0.717) is 40.9 Å². The van der Waals surface area contributed by atoms with Gasteiger partial charge in [0.15, 0.2) is 17.1 Å². The van der Waals surface area contributed by atoms with Gasteiger partial charge in [0.1, 0.15) is 5.75 Å². The Hall–Kier alpha value is -3.86. The van der Waals surface area contributed by atoms with Crippen LogP contribution in [-0.2, 0) is 4.79 Å². The highest BCUT2D eigenvalue weighted by molar-refractivity contribution is 6.14. The second kappa shape index (κ2) is 9.89. The third-order valence-corrected chi connectivity index (χ3v) is 6.48. The van der Waals surface area contributed by atoms with E-state index < -0.39 is 12.1 Å².